The largest absolute Gasteiger partial charge is 0.508 e. The SMILES string of the molecule is CN(C)c1ccc(N=Nc2ccc(N3C(=O)[C@H]4[C@H](CC=C5[C@H](C6=COc7ccc(O)cc7C6)[C@]6(C)C(=O)N(c7ccccc7)C(=O)[C@@H]6C[C@H]54)C3=O)cc2)cc1. The summed E-state index contributed by atoms with van der Waals surface area (Å²) in [6.07, 6.45) is 4.65. The van der Waals surface area contributed by atoms with Gasteiger partial charge in [0.25, 0.3) is 0 Å². The summed E-state index contributed by atoms with van der Waals surface area (Å²) in [5, 5.41) is 19.0. The average molecular weight is 734 g/mol. The number of hydrogen-bond donors (Lipinski definition) is 1. The Morgan fingerprint density at radius 3 is 2.15 bits per heavy atom. The van der Waals surface area contributed by atoms with Gasteiger partial charge in [-0.15, -0.1) is 0 Å². The van der Waals surface area contributed by atoms with Gasteiger partial charge in [0, 0.05) is 37.7 Å². The highest BCUT2D eigenvalue weighted by Crippen LogP contribution is 2.63. The lowest BCUT2D eigenvalue weighted by molar-refractivity contribution is -0.132. The van der Waals surface area contributed by atoms with Crippen molar-refractivity contribution in [1.82, 2.24) is 0 Å². The van der Waals surface area contributed by atoms with Crippen molar-refractivity contribution in [3.05, 3.63) is 126 Å². The zero-order valence-electron chi connectivity index (χ0n) is 30.6. The highest BCUT2D eigenvalue weighted by atomic mass is 16.5. The van der Waals surface area contributed by atoms with E-state index >= 15 is 0 Å². The lowest BCUT2D eigenvalue weighted by Crippen LogP contribution is -2.51. The number of hydrogen-bond acceptors (Lipinski definition) is 9. The van der Waals surface area contributed by atoms with Crippen molar-refractivity contribution in [2.24, 2.45) is 45.2 Å². The molecule has 55 heavy (non-hydrogen) atoms. The summed E-state index contributed by atoms with van der Waals surface area (Å²) in [6.45, 7) is 1.86. The summed E-state index contributed by atoms with van der Waals surface area (Å²) in [7, 11) is 3.94. The van der Waals surface area contributed by atoms with Gasteiger partial charge in [0.1, 0.15) is 11.5 Å². The molecule has 4 amide bonds. The first-order chi connectivity index (χ1) is 26.5. The lowest BCUT2D eigenvalue weighted by Gasteiger charge is -2.49. The standard InChI is InChI=1S/C44H39N5O6/c1-44-36(41(52)49(43(44)54)30-7-5-4-6-8-30)23-35-33(39(44)26-21-25-22-32(50)17-20-37(25)55-24-26)18-19-34-38(35)42(53)48(40(34)51)31-15-11-28(12-16-31)46-45-27-9-13-29(14-10-27)47(2)3/h4-18,20,22,24,34-36,38-39,50H,19,21,23H2,1-3H3/t34-,35+,36-,38-,39-,44+/m0/s1. The van der Waals surface area contributed by atoms with Crippen LogP contribution >= 0.6 is 0 Å². The van der Waals surface area contributed by atoms with Crippen LogP contribution in [-0.2, 0) is 25.6 Å². The zero-order valence-corrected chi connectivity index (χ0v) is 30.6. The Morgan fingerprint density at radius 2 is 1.45 bits per heavy atom. The number of amides is 4. The molecule has 4 aromatic carbocycles. The summed E-state index contributed by atoms with van der Waals surface area (Å²) in [6, 6.07) is 28.4. The molecule has 0 spiro atoms. The van der Waals surface area contributed by atoms with E-state index in [0.717, 1.165) is 22.4 Å². The molecule has 11 heteroatoms. The van der Waals surface area contributed by atoms with Crippen LogP contribution < -0.4 is 19.4 Å². The van der Waals surface area contributed by atoms with Crippen molar-refractivity contribution in [1.29, 1.82) is 0 Å². The van der Waals surface area contributed by atoms with Gasteiger partial charge < -0.3 is 14.7 Å². The Balaban J connectivity index is 1.05. The summed E-state index contributed by atoms with van der Waals surface area (Å²) in [4.78, 5) is 62.4. The molecule has 3 aliphatic heterocycles. The molecule has 0 unspecified atom stereocenters. The van der Waals surface area contributed by atoms with E-state index in [1.54, 1.807) is 73.0 Å². The molecule has 11 nitrogen and oxygen atoms in total. The molecule has 3 fully saturated rings. The molecule has 2 saturated heterocycles. The van der Waals surface area contributed by atoms with Crippen LogP contribution in [0.3, 0.4) is 0 Å². The molecule has 0 radical (unpaired) electrons. The van der Waals surface area contributed by atoms with E-state index in [4.69, 9.17) is 4.74 Å². The van der Waals surface area contributed by atoms with E-state index < -0.39 is 35.0 Å². The minimum atomic E-state index is -1.18. The van der Waals surface area contributed by atoms with Gasteiger partial charge >= 0.3 is 0 Å². The van der Waals surface area contributed by atoms with E-state index in [1.165, 1.54) is 9.80 Å². The minimum Gasteiger partial charge on any atom is -0.508 e. The molecule has 3 heterocycles. The fourth-order valence-electron chi connectivity index (χ4n) is 9.52. The van der Waals surface area contributed by atoms with Crippen molar-refractivity contribution in [2.45, 2.75) is 26.2 Å². The molecule has 0 aromatic heterocycles. The molecule has 0 bridgehead atoms. The Hall–Kier alpha value is -6.36. The van der Waals surface area contributed by atoms with Gasteiger partial charge in [0.15, 0.2) is 0 Å². The van der Waals surface area contributed by atoms with Crippen LogP contribution in [-0.4, -0.2) is 42.8 Å². The number of azo groups is 1. The monoisotopic (exact) mass is 733 g/mol. The highest BCUT2D eigenvalue weighted by Gasteiger charge is 2.68. The van der Waals surface area contributed by atoms with Crippen molar-refractivity contribution in [2.75, 3.05) is 28.8 Å². The van der Waals surface area contributed by atoms with E-state index in [2.05, 4.69) is 10.2 Å². The third-order valence-electron chi connectivity index (χ3n) is 12.2. The van der Waals surface area contributed by atoms with Crippen LogP contribution in [0.4, 0.5) is 28.4 Å². The van der Waals surface area contributed by atoms with Crippen LogP contribution in [0.5, 0.6) is 11.5 Å². The lowest BCUT2D eigenvalue weighted by atomic mass is 9.51. The van der Waals surface area contributed by atoms with Gasteiger partial charge in [-0.25, -0.2) is 4.90 Å². The molecule has 5 aliphatic rings. The van der Waals surface area contributed by atoms with E-state index in [1.807, 2.05) is 62.3 Å². The maximum atomic E-state index is 14.7. The van der Waals surface area contributed by atoms with Crippen molar-refractivity contribution >= 4 is 52.1 Å². The van der Waals surface area contributed by atoms with Gasteiger partial charge in [-0.05, 0) is 110 Å². The Morgan fingerprint density at radius 1 is 0.782 bits per heavy atom. The van der Waals surface area contributed by atoms with Crippen molar-refractivity contribution in [3.8, 4) is 11.5 Å². The number of phenolic OH excluding ortho intramolecular Hbond substituents is 1. The number of aromatic hydroxyl groups is 1. The van der Waals surface area contributed by atoms with Gasteiger partial charge in [-0.1, -0.05) is 29.8 Å². The molecule has 6 atom stereocenters. The summed E-state index contributed by atoms with van der Waals surface area (Å²) < 4.78 is 6.10. The van der Waals surface area contributed by atoms with E-state index in [9.17, 15) is 24.3 Å². The van der Waals surface area contributed by atoms with Gasteiger partial charge in [-0.2, -0.15) is 10.2 Å². The average Bonchev–Trinajstić information content (AvgIpc) is 3.56. The minimum absolute atomic E-state index is 0.0949. The van der Waals surface area contributed by atoms with Crippen LogP contribution in [0.25, 0.3) is 0 Å². The number of allylic oxidation sites excluding steroid dienone is 3. The third-order valence-corrected chi connectivity index (χ3v) is 12.2. The maximum Gasteiger partial charge on any atom is 0.241 e. The predicted octanol–water partition coefficient (Wildman–Crippen LogP) is 7.66. The number of fused-ring (bicyclic) bond motifs is 5. The van der Waals surface area contributed by atoms with Crippen LogP contribution in [0, 0.1) is 35.0 Å². The molecule has 9 rings (SSSR count). The number of phenols is 1. The van der Waals surface area contributed by atoms with E-state index in [-0.39, 0.29) is 35.8 Å². The van der Waals surface area contributed by atoms with Gasteiger partial charge in [0.2, 0.25) is 23.6 Å². The number of rotatable bonds is 6. The molecule has 276 valence electrons. The molecule has 1 saturated carbocycles. The highest BCUT2D eigenvalue weighted by molar-refractivity contribution is 6.25. The van der Waals surface area contributed by atoms with Crippen molar-refractivity contribution < 1.29 is 29.0 Å². The Kier molecular flexibility index (Phi) is 8.07. The molecular weight excluding hydrogens is 695 g/mol. The van der Waals surface area contributed by atoms with Gasteiger partial charge in [-0.3, -0.25) is 24.1 Å². The first-order valence-corrected chi connectivity index (χ1v) is 18.5. The van der Waals surface area contributed by atoms with Gasteiger partial charge in [0.05, 0.1) is 52.2 Å². The number of nitrogens with zero attached hydrogens (tertiary/aromatic N) is 5. The van der Waals surface area contributed by atoms with Crippen molar-refractivity contribution in [3.63, 3.8) is 0 Å². The number of carbonyl (C=O) groups excluding carboxylic acids is 4. The second kappa shape index (κ2) is 12.9. The Labute approximate surface area is 318 Å². The number of ether oxygens (including phenoxy) is 1. The third kappa shape index (κ3) is 5.39. The fraction of sp³-hybridized carbons (Fsp3) is 0.273. The van der Waals surface area contributed by atoms with Crippen LogP contribution in [0.2, 0.25) is 0 Å². The number of para-hydroxylation sites is 1. The summed E-state index contributed by atoms with van der Waals surface area (Å²) in [5.41, 5.74) is 4.49. The first kappa shape index (κ1) is 34.4. The topological polar surface area (TPSA) is 132 Å². The normalized spacial score (nSPS) is 26.9. The smallest absolute Gasteiger partial charge is 0.241 e. The first-order valence-electron chi connectivity index (χ1n) is 18.5. The van der Waals surface area contributed by atoms with Crippen LogP contribution in [0.15, 0.2) is 131 Å². The maximum absolute atomic E-state index is 14.7. The second-order valence-corrected chi connectivity index (χ2v) is 15.4. The number of carbonyl (C=O) groups is 4. The fourth-order valence-corrected chi connectivity index (χ4v) is 9.52. The number of anilines is 3. The predicted molar refractivity (Wildman–Crippen MR) is 206 cm³/mol. The quantitative estimate of drug-likeness (QED) is 0.122. The summed E-state index contributed by atoms with van der Waals surface area (Å²) in [5.74, 6) is -3.64. The van der Waals surface area contributed by atoms with Crippen LogP contribution in [0.1, 0.15) is 25.3 Å². The Bertz CT molecular complexity index is 2350. The molecule has 4 aromatic rings. The second-order valence-electron chi connectivity index (χ2n) is 15.4. The molecule has 2 aliphatic carbocycles. The molecule has 1 N–H and O–H groups in total. The number of benzene rings is 4. The summed E-state index contributed by atoms with van der Waals surface area (Å²) >= 11 is 0. The zero-order chi connectivity index (χ0) is 38.2. The number of imide groups is 2. The molecular formula is C44H39N5O6. The van der Waals surface area contributed by atoms with E-state index in [0.29, 0.717) is 41.3 Å².